The van der Waals surface area contributed by atoms with Crippen molar-refractivity contribution in [2.24, 2.45) is 5.92 Å². The van der Waals surface area contributed by atoms with E-state index in [9.17, 15) is 9.59 Å². The van der Waals surface area contributed by atoms with E-state index in [0.29, 0.717) is 18.7 Å². The maximum Gasteiger partial charge on any atom is 0.252 e. The molecule has 2 heterocycles. The summed E-state index contributed by atoms with van der Waals surface area (Å²) in [6.45, 7) is 6.80. The molecule has 1 aliphatic heterocycles. The van der Waals surface area contributed by atoms with Gasteiger partial charge in [0.25, 0.3) is 5.91 Å². The fraction of sp³-hybridized carbons (Fsp3) is 0.409. The minimum atomic E-state index is -0.189. The number of anilines is 2. The quantitative estimate of drug-likeness (QED) is 0.836. The fourth-order valence-electron chi connectivity index (χ4n) is 3.46. The molecule has 0 unspecified atom stereocenters. The van der Waals surface area contributed by atoms with Crippen LogP contribution in [0.25, 0.3) is 0 Å². The van der Waals surface area contributed by atoms with Crippen LogP contribution in [-0.4, -0.2) is 43.0 Å². The molecule has 1 saturated heterocycles. The average molecular weight is 380 g/mol. The summed E-state index contributed by atoms with van der Waals surface area (Å²) in [5.41, 5.74) is 2.55. The van der Waals surface area contributed by atoms with Gasteiger partial charge in [0, 0.05) is 56.9 Å². The lowest BCUT2D eigenvalue weighted by Gasteiger charge is -2.32. The van der Waals surface area contributed by atoms with Gasteiger partial charge in [0.1, 0.15) is 0 Å². The van der Waals surface area contributed by atoms with Crippen molar-refractivity contribution >= 4 is 23.2 Å². The zero-order chi connectivity index (χ0) is 19.9. The minimum absolute atomic E-state index is 0.0461. The summed E-state index contributed by atoms with van der Waals surface area (Å²) < 4.78 is 0. The number of aromatic nitrogens is 1. The molecule has 0 aliphatic carbocycles. The number of piperidine rings is 1. The van der Waals surface area contributed by atoms with Crippen LogP contribution in [0.4, 0.5) is 11.4 Å². The van der Waals surface area contributed by atoms with Gasteiger partial charge < -0.3 is 15.1 Å². The highest BCUT2D eigenvalue weighted by atomic mass is 16.2. The number of nitrogens with one attached hydrogen (secondary N) is 1. The van der Waals surface area contributed by atoms with Crippen LogP contribution in [0, 0.1) is 5.92 Å². The predicted molar refractivity (Wildman–Crippen MR) is 112 cm³/mol. The van der Waals surface area contributed by atoms with E-state index in [4.69, 9.17) is 0 Å². The van der Waals surface area contributed by atoms with Gasteiger partial charge >= 0.3 is 0 Å². The van der Waals surface area contributed by atoms with Gasteiger partial charge in [-0.1, -0.05) is 6.92 Å². The second kappa shape index (κ2) is 9.35. The smallest absolute Gasteiger partial charge is 0.252 e. The Morgan fingerprint density at radius 2 is 1.89 bits per heavy atom. The number of amides is 2. The Hall–Kier alpha value is -2.89. The lowest BCUT2D eigenvalue weighted by Crippen LogP contribution is -2.37. The van der Waals surface area contributed by atoms with Crippen LogP contribution in [0.15, 0.2) is 48.8 Å². The molecule has 6 heteroatoms. The Bertz CT molecular complexity index is 784. The van der Waals surface area contributed by atoms with Gasteiger partial charge in [-0.25, -0.2) is 0 Å². The lowest BCUT2D eigenvalue weighted by atomic mass is 9.99. The summed E-state index contributed by atoms with van der Waals surface area (Å²) in [7, 11) is 0. The Balaban J connectivity index is 1.57. The van der Waals surface area contributed by atoms with Crippen molar-refractivity contribution in [2.75, 3.05) is 36.0 Å². The van der Waals surface area contributed by atoms with Gasteiger partial charge in [-0.2, -0.15) is 0 Å². The topological polar surface area (TPSA) is 65.5 Å². The second-order valence-electron chi connectivity index (χ2n) is 7.35. The molecule has 1 fully saturated rings. The number of carbonyl (C=O) groups excluding carboxylic acids is 2. The van der Waals surface area contributed by atoms with Gasteiger partial charge in [0.05, 0.1) is 5.56 Å². The van der Waals surface area contributed by atoms with E-state index < -0.39 is 0 Å². The number of benzene rings is 1. The van der Waals surface area contributed by atoms with Crippen molar-refractivity contribution in [3.05, 3.63) is 54.4 Å². The first-order chi connectivity index (χ1) is 13.5. The number of hydrogen-bond acceptors (Lipinski definition) is 4. The van der Waals surface area contributed by atoms with Crippen molar-refractivity contribution in [1.29, 1.82) is 0 Å². The van der Waals surface area contributed by atoms with Gasteiger partial charge in [0.2, 0.25) is 5.91 Å². The molecule has 1 N–H and O–H groups in total. The molecular formula is C22H28N4O2. The zero-order valence-corrected chi connectivity index (χ0v) is 16.6. The SMILES string of the molecule is CC(=O)N(CCNC(=O)c1cccnc1)c1ccc(N2CCC(C)CC2)cc1. The summed E-state index contributed by atoms with van der Waals surface area (Å²) in [6, 6.07) is 11.6. The van der Waals surface area contributed by atoms with E-state index in [1.165, 1.54) is 24.7 Å². The Morgan fingerprint density at radius 1 is 1.18 bits per heavy atom. The van der Waals surface area contributed by atoms with E-state index in [2.05, 4.69) is 34.3 Å². The van der Waals surface area contributed by atoms with Crippen LogP contribution in [-0.2, 0) is 4.79 Å². The number of pyridine rings is 1. The monoisotopic (exact) mass is 380 g/mol. The molecule has 28 heavy (non-hydrogen) atoms. The Labute approximate surface area is 166 Å². The lowest BCUT2D eigenvalue weighted by molar-refractivity contribution is -0.116. The van der Waals surface area contributed by atoms with Crippen molar-refractivity contribution < 1.29 is 9.59 Å². The molecule has 0 atom stereocenters. The summed E-state index contributed by atoms with van der Waals surface area (Å²) in [5, 5.41) is 2.84. The molecule has 3 rings (SSSR count). The first kappa shape index (κ1) is 19.9. The van der Waals surface area contributed by atoms with Gasteiger partial charge in [0.15, 0.2) is 0 Å². The Kier molecular flexibility index (Phi) is 6.63. The van der Waals surface area contributed by atoms with E-state index >= 15 is 0 Å². The van der Waals surface area contributed by atoms with Crippen LogP contribution >= 0.6 is 0 Å². The van der Waals surface area contributed by atoms with Gasteiger partial charge in [-0.3, -0.25) is 14.6 Å². The highest BCUT2D eigenvalue weighted by molar-refractivity contribution is 5.94. The number of rotatable bonds is 6. The summed E-state index contributed by atoms with van der Waals surface area (Å²) >= 11 is 0. The van der Waals surface area contributed by atoms with Gasteiger partial charge in [-0.15, -0.1) is 0 Å². The number of carbonyl (C=O) groups is 2. The molecule has 0 saturated carbocycles. The molecule has 0 bridgehead atoms. The highest BCUT2D eigenvalue weighted by Gasteiger charge is 2.17. The third-order valence-electron chi connectivity index (χ3n) is 5.23. The summed E-state index contributed by atoms with van der Waals surface area (Å²) in [6.07, 6.45) is 5.59. The molecule has 148 valence electrons. The molecule has 2 amide bonds. The molecule has 1 aromatic heterocycles. The first-order valence-electron chi connectivity index (χ1n) is 9.86. The summed E-state index contributed by atoms with van der Waals surface area (Å²) in [5.74, 6) is 0.562. The van der Waals surface area contributed by atoms with Crippen LogP contribution in [0.5, 0.6) is 0 Å². The maximum atomic E-state index is 12.1. The largest absolute Gasteiger partial charge is 0.372 e. The second-order valence-corrected chi connectivity index (χ2v) is 7.35. The van der Waals surface area contributed by atoms with Crippen molar-refractivity contribution in [1.82, 2.24) is 10.3 Å². The number of hydrogen-bond donors (Lipinski definition) is 1. The zero-order valence-electron chi connectivity index (χ0n) is 16.6. The average Bonchev–Trinajstić information content (AvgIpc) is 2.72. The van der Waals surface area contributed by atoms with E-state index in [1.807, 2.05) is 12.1 Å². The number of nitrogens with zero attached hydrogens (tertiary/aromatic N) is 3. The summed E-state index contributed by atoms with van der Waals surface area (Å²) in [4.78, 5) is 32.3. The molecule has 0 spiro atoms. The Morgan fingerprint density at radius 3 is 2.50 bits per heavy atom. The highest BCUT2D eigenvalue weighted by Crippen LogP contribution is 2.25. The molecule has 1 aromatic carbocycles. The normalized spacial score (nSPS) is 14.6. The van der Waals surface area contributed by atoms with E-state index in [-0.39, 0.29) is 11.8 Å². The molecule has 2 aromatic rings. The van der Waals surface area contributed by atoms with E-state index in [1.54, 1.807) is 30.2 Å². The van der Waals surface area contributed by atoms with Crippen molar-refractivity contribution in [3.8, 4) is 0 Å². The van der Waals surface area contributed by atoms with Crippen LogP contribution in [0.1, 0.15) is 37.0 Å². The fourth-order valence-corrected chi connectivity index (χ4v) is 3.46. The van der Waals surface area contributed by atoms with Crippen LogP contribution < -0.4 is 15.1 Å². The molecule has 0 radical (unpaired) electrons. The maximum absolute atomic E-state index is 12.1. The first-order valence-corrected chi connectivity index (χ1v) is 9.86. The van der Waals surface area contributed by atoms with Gasteiger partial charge in [-0.05, 0) is 55.2 Å². The van der Waals surface area contributed by atoms with Crippen molar-refractivity contribution in [2.45, 2.75) is 26.7 Å². The van der Waals surface area contributed by atoms with E-state index in [0.717, 1.165) is 24.7 Å². The third-order valence-corrected chi connectivity index (χ3v) is 5.23. The molecule has 6 nitrogen and oxygen atoms in total. The van der Waals surface area contributed by atoms with Crippen LogP contribution in [0.3, 0.4) is 0 Å². The predicted octanol–water partition coefficient (Wildman–Crippen LogP) is 3.10. The third kappa shape index (κ3) is 5.09. The standard InChI is InChI=1S/C22H28N4O2/c1-17-9-13-25(14-10-17)20-5-7-21(8-6-20)26(18(2)27)15-12-24-22(28)19-4-3-11-23-16-19/h3-8,11,16-17H,9-10,12-15H2,1-2H3,(H,24,28). The molecule has 1 aliphatic rings. The van der Waals surface area contributed by atoms with Crippen molar-refractivity contribution in [3.63, 3.8) is 0 Å². The minimum Gasteiger partial charge on any atom is -0.372 e. The molecular weight excluding hydrogens is 352 g/mol. The van der Waals surface area contributed by atoms with Crippen LogP contribution in [0.2, 0.25) is 0 Å².